The van der Waals surface area contributed by atoms with Crippen LogP contribution in [-0.2, 0) is 11.4 Å². The molecular formula is C18H33N7O6. The molecule has 0 aliphatic rings. The number of imidazole rings is 1. The predicted molar refractivity (Wildman–Crippen MR) is 113 cm³/mol. The molecular weight excluding hydrogens is 410 g/mol. The first kappa shape index (κ1) is 26.4. The van der Waals surface area contributed by atoms with Gasteiger partial charge in [0.25, 0.3) is 0 Å². The van der Waals surface area contributed by atoms with Crippen molar-refractivity contribution in [1.29, 1.82) is 0 Å². The van der Waals surface area contributed by atoms with Gasteiger partial charge in [-0.2, -0.15) is 5.48 Å². The Hall–Kier alpha value is -2.61. The topological polar surface area (TPSA) is 180 Å². The number of nitro groups is 1. The Morgan fingerprint density at radius 1 is 1.32 bits per heavy atom. The molecule has 0 bridgehead atoms. The lowest BCUT2D eigenvalue weighted by Crippen LogP contribution is -2.50. The molecule has 176 valence electrons. The predicted octanol–water partition coefficient (Wildman–Crippen LogP) is 1.28. The van der Waals surface area contributed by atoms with Crippen molar-refractivity contribution in [3.8, 4) is 0 Å². The van der Waals surface area contributed by atoms with Crippen molar-refractivity contribution in [2.75, 3.05) is 13.2 Å². The highest BCUT2D eigenvalue weighted by molar-refractivity contribution is 5.92. The van der Waals surface area contributed by atoms with Crippen molar-refractivity contribution in [2.24, 2.45) is 10.3 Å². The average molecular weight is 444 g/mol. The van der Waals surface area contributed by atoms with Gasteiger partial charge in [0.05, 0.1) is 41.8 Å². The van der Waals surface area contributed by atoms with Crippen LogP contribution in [0.1, 0.15) is 47.5 Å². The van der Waals surface area contributed by atoms with Gasteiger partial charge in [-0.3, -0.25) is 4.84 Å². The first-order valence-electron chi connectivity index (χ1n) is 9.82. The Morgan fingerprint density at radius 2 is 2.00 bits per heavy atom. The van der Waals surface area contributed by atoms with E-state index in [1.165, 1.54) is 17.0 Å². The molecule has 1 aromatic heterocycles. The van der Waals surface area contributed by atoms with E-state index in [-0.39, 0.29) is 31.9 Å². The fourth-order valence-corrected chi connectivity index (χ4v) is 2.68. The SMILES string of the molecule is CC(=NO)C(C)(C)NCCONC(C)(C)C(CCC(O)Cn1ccnc1[N+](=O)[O-])=NO. The standard InChI is InChI=1S/C18H33N7O6/c1-13(21-27)17(2,3)20-9-11-31-23-18(4,5)15(22-28)7-6-14(26)12-24-10-8-19-16(24)25(29)30/h8,10,14,20,23,26-28H,6-7,9,11-12H2,1-5H3. The number of nitrogens with one attached hydrogen (secondary N) is 2. The highest BCUT2D eigenvalue weighted by Gasteiger charge is 2.27. The number of hydrogen-bond donors (Lipinski definition) is 5. The minimum Gasteiger partial charge on any atom is -0.411 e. The maximum Gasteiger partial charge on any atom is 0.434 e. The second-order valence-electron chi connectivity index (χ2n) is 8.19. The molecule has 1 atom stereocenters. The third-order valence-electron chi connectivity index (χ3n) is 4.97. The molecule has 13 nitrogen and oxygen atoms in total. The molecule has 0 amide bonds. The molecule has 0 aliphatic heterocycles. The largest absolute Gasteiger partial charge is 0.434 e. The number of oxime groups is 2. The van der Waals surface area contributed by atoms with Crippen LogP contribution in [0.2, 0.25) is 0 Å². The van der Waals surface area contributed by atoms with Crippen LogP contribution in [-0.4, -0.2) is 71.8 Å². The molecule has 0 saturated carbocycles. The Balaban J connectivity index is 2.47. The first-order chi connectivity index (χ1) is 14.4. The van der Waals surface area contributed by atoms with Crippen molar-refractivity contribution in [3.05, 3.63) is 22.5 Å². The second kappa shape index (κ2) is 11.7. The summed E-state index contributed by atoms with van der Waals surface area (Å²) < 4.78 is 1.25. The third-order valence-corrected chi connectivity index (χ3v) is 4.97. The van der Waals surface area contributed by atoms with Gasteiger partial charge in [0, 0.05) is 6.54 Å². The lowest BCUT2D eigenvalue weighted by Gasteiger charge is -2.28. The van der Waals surface area contributed by atoms with Crippen molar-refractivity contribution in [3.63, 3.8) is 0 Å². The maximum atomic E-state index is 10.9. The number of hydrogen-bond acceptors (Lipinski definition) is 11. The van der Waals surface area contributed by atoms with Gasteiger partial charge in [-0.1, -0.05) is 15.3 Å². The molecule has 1 aromatic rings. The zero-order valence-electron chi connectivity index (χ0n) is 18.6. The quantitative estimate of drug-likeness (QED) is 0.0930. The van der Waals surface area contributed by atoms with Gasteiger partial charge in [-0.25, -0.2) is 4.57 Å². The van der Waals surface area contributed by atoms with Gasteiger partial charge in [-0.05, 0) is 52.4 Å². The van der Waals surface area contributed by atoms with Gasteiger partial charge >= 0.3 is 5.95 Å². The monoisotopic (exact) mass is 443 g/mol. The minimum absolute atomic E-state index is 0.00259. The molecule has 0 fully saturated rings. The molecule has 1 unspecified atom stereocenters. The summed E-state index contributed by atoms with van der Waals surface area (Å²) in [7, 11) is 0. The molecule has 0 saturated heterocycles. The van der Waals surface area contributed by atoms with Crippen LogP contribution in [0.4, 0.5) is 5.95 Å². The number of hydroxylamine groups is 1. The van der Waals surface area contributed by atoms with E-state index >= 15 is 0 Å². The molecule has 0 aromatic carbocycles. The van der Waals surface area contributed by atoms with E-state index < -0.39 is 22.1 Å². The molecule has 0 radical (unpaired) electrons. The summed E-state index contributed by atoms with van der Waals surface area (Å²) >= 11 is 0. The zero-order valence-corrected chi connectivity index (χ0v) is 18.6. The first-order valence-corrected chi connectivity index (χ1v) is 9.82. The zero-order chi connectivity index (χ0) is 23.7. The van der Waals surface area contributed by atoms with Crippen LogP contribution in [0.25, 0.3) is 0 Å². The van der Waals surface area contributed by atoms with Crippen LogP contribution in [0.5, 0.6) is 0 Å². The maximum absolute atomic E-state index is 10.9. The fourth-order valence-electron chi connectivity index (χ4n) is 2.68. The second-order valence-corrected chi connectivity index (χ2v) is 8.19. The van der Waals surface area contributed by atoms with Crippen LogP contribution in [0, 0.1) is 10.1 Å². The molecule has 1 heterocycles. The summed E-state index contributed by atoms with van der Waals surface area (Å²) in [5, 5.41) is 49.1. The molecule has 5 N–H and O–H groups in total. The number of aliphatic hydroxyl groups is 1. The Morgan fingerprint density at radius 3 is 2.58 bits per heavy atom. The van der Waals surface area contributed by atoms with Crippen molar-refractivity contribution < 1.29 is 25.3 Å². The Kier molecular flexibility index (Phi) is 9.97. The van der Waals surface area contributed by atoms with Crippen LogP contribution < -0.4 is 10.8 Å². The molecule has 1 rings (SSSR count). The Labute approximate surface area is 180 Å². The number of rotatable bonds is 14. The van der Waals surface area contributed by atoms with Crippen LogP contribution in [0.3, 0.4) is 0 Å². The lowest BCUT2D eigenvalue weighted by molar-refractivity contribution is -0.397. The van der Waals surface area contributed by atoms with E-state index in [0.717, 1.165) is 0 Å². The average Bonchev–Trinajstić information content (AvgIpc) is 3.15. The third kappa shape index (κ3) is 8.20. The summed E-state index contributed by atoms with van der Waals surface area (Å²) in [6.07, 6.45) is 2.27. The molecule has 13 heteroatoms. The molecule has 0 aliphatic carbocycles. The van der Waals surface area contributed by atoms with Gasteiger partial charge in [0.2, 0.25) is 0 Å². The highest BCUT2D eigenvalue weighted by atomic mass is 16.6. The number of aliphatic hydroxyl groups excluding tert-OH is 1. The highest BCUT2D eigenvalue weighted by Crippen LogP contribution is 2.15. The normalized spacial score (nSPS) is 14.6. The van der Waals surface area contributed by atoms with Crippen LogP contribution >= 0.6 is 0 Å². The van der Waals surface area contributed by atoms with Gasteiger partial charge in [0.1, 0.15) is 12.4 Å². The van der Waals surface area contributed by atoms with Crippen molar-refractivity contribution in [1.82, 2.24) is 20.3 Å². The van der Waals surface area contributed by atoms with Crippen LogP contribution in [0.15, 0.2) is 22.7 Å². The summed E-state index contributed by atoms with van der Waals surface area (Å²) in [6, 6.07) is 0. The van der Waals surface area contributed by atoms with E-state index in [0.29, 0.717) is 18.0 Å². The lowest BCUT2D eigenvalue weighted by atomic mass is 9.94. The number of nitrogens with zero attached hydrogens (tertiary/aromatic N) is 5. The van der Waals surface area contributed by atoms with E-state index in [1.54, 1.807) is 20.8 Å². The van der Waals surface area contributed by atoms with Gasteiger partial charge in [0.15, 0.2) is 0 Å². The fraction of sp³-hybridized carbons (Fsp3) is 0.722. The van der Waals surface area contributed by atoms with E-state index in [4.69, 9.17) is 10.0 Å². The van der Waals surface area contributed by atoms with Crippen molar-refractivity contribution >= 4 is 17.4 Å². The minimum atomic E-state index is -0.899. The van der Waals surface area contributed by atoms with E-state index in [1.807, 2.05) is 13.8 Å². The molecule has 31 heavy (non-hydrogen) atoms. The number of aromatic nitrogens is 2. The van der Waals surface area contributed by atoms with E-state index in [9.17, 15) is 20.4 Å². The Bertz CT molecular complexity index is 775. The smallest absolute Gasteiger partial charge is 0.411 e. The summed E-state index contributed by atoms with van der Waals surface area (Å²) in [5.41, 5.74) is 2.40. The summed E-state index contributed by atoms with van der Waals surface area (Å²) in [6.45, 7) is 9.73. The summed E-state index contributed by atoms with van der Waals surface area (Å²) in [5.74, 6) is -0.345. The molecule has 0 spiro atoms. The van der Waals surface area contributed by atoms with Gasteiger partial charge < -0.3 is 31.0 Å². The van der Waals surface area contributed by atoms with E-state index in [2.05, 4.69) is 26.1 Å². The summed E-state index contributed by atoms with van der Waals surface area (Å²) in [4.78, 5) is 19.4. The van der Waals surface area contributed by atoms with Crippen molar-refractivity contribution in [2.45, 2.75) is 71.2 Å². The van der Waals surface area contributed by atoms with Gasteiger partial charge in [-0.15, -0.1) is 0 Å².